The van der Waals surface area contributed by atoms with Gasteiger partial charge in [0.25, 0.3) is 0 Å². The molecule has 3 aromatic carbocycles. The molecule has 0 radical (unpaired) electrons. The minimum atomic E-state index is -2.97. The van der Waals surface area contributed by atoms with Gasteiger partial charge in [-0.2, -0.15) is 0 Å². The Bertz CT molecular complexity index is 1750. The maximum Gasteiger partial charge on any atom is 0.416 e. The molecule has 1 saturated heterocycles. The second kappa shape index (κ2) is 14.9. The number of carbonyl (C=O) groups excluding carboxylic acids is 2. The molecule has 262 valence electrons. The lowest BCUT2D eigenvalue weighted by Gasteiger charge is -2.60. The van der Waals surface area contributed by atoms with Crippen LogP contribution in [-0.2, 0) is 27.3 Å². The number of methoxy groups -OCH3 is 1. The Labute approximate surface area is 297 Å². The van der Waals surface area contributed by atoms with Crippen molar-refractivity contribution in [3.05, 3.63) is 114 Å². The van der Waals surface area contributed by atoms with E-state index in [2.05, 4.69) is 59.7 Å². The molecule has 5 rings (SSSR count). The van der Waals surface area contributed by atoms with Gasteiger partial charge in [-0.1, -0.05) is 98.7 Å². The predicted molar refractivity (Wildman–Crippen MR) is 201 cm³/mol. The summed E-state index contributed by atoms with van der Waals surface area (Å²) in [5.41, 5.74) is 1.05. The number of oxime groups is 1. The monoisotopic (exact) mass is 692 g/mol. The van der Waals surface area contributed by atoms with Gasteiger partial charge in [0.05, 0.1) is 31.8 Å². The first-order valence-corrected chi connectivity index (χ1v) is 18.8. The first kappa shape index (κ1) is 36.3. The zero-order chi connectivity index (χ0) is 36.1. The molecule has 1 aromatic heterocycles. The summed E-state index contributed by atoms with van der Waals surface area (Å²) in [7, 11) is 0.160. The van der Waals surface area contributed by atoms with Crippen LogP contribution in [0.3, 0.4) is 0 Å². The molecular weight excluding hydrogens is 645 g/mol. The molecular formula is C40H48N4O5Si. The number of hydrogen-bond acceptors (Lipinski definition) is 7. The summed E-state index contributed by atoms with van der Waals surface area (Å²) in [6.07, 6.45) is 3.36. The summed E-state index contributed by atoms with van der Waals surface area (Å²) < 4.78 is 13.2. The van der Waals surface area contributed by atoms with Crippen molar-refractivity contribution in [1.82, 2.24) is 9.55 Å². The van der Waals surface area contributed by atoms with Crippen molar-refractivity contribution >= 4 is 42.6 Å². The lowest BCUT2D eigenvalue weighted by molar-refractivity contribution is -0.144. The molecule has 0 bridgehead atoms. The number of amides is 2. The number of nitrogens with zero attached hydrogens (tertiary/aromatic N) is 4. The first-order valence-electron chi connectivity index (χ1n) is 16.9. The SMILES string of the molecule is CON=C[C@@H]1C(Cc2ccnc(N(Cc3ccc(OC)cc3)C(=O)OC(C)(C)C)c2)C(=O)N1[Si](c1ccccc1)(c1ccccc1)C(C)(C)C. The van der Waals surface area contributed by atoms with Gasteiger partial charge in [-0.15, -0.1) is 0 Å². The summed E-state index contributed by atoms with van der Waals surface area (Å²) in [6.45, 7) is 12.4. The third-order valence-corrected chi connectivity index (χ3v) is 14.8. The van der Waals surface area contributed by atoms with E-state index in [0.717, 1.165) is 27.2 Å². The Kier molecular flexibility index (Phi) is 10.8. The van der Waals surface area contributed by atoms with Gasteiger partial charge in [0.15, 0.2) is 0 Å². The molecule has 2 heterocycles. The fourth-order valence-electron chi connectivity index (χ4n) is 6.95. The Morgan fingerprint density at radius 1 is 0.880 bits per heavy atom. The number of β-lactam (4-membered cyclic amide) rings is 1. The van der Waals surface area contributed by atoms with Crippen LogP contribution in [0.4, 0.5) is 10.6 Å². The third-order valence-electron chi connectivity index (χ3n) is 9.07. The van der Waals surface area contributed by atoms with Crippen LogP contribution in [0.5, 0.6) is 5.75 Å². The van der Waals surface area contributed by atoms with Gasteiger partial charge < -0.3 is 18.9 Å². The van der Waals surface area contributed by atoms with Crippen LogP contribution in [0.25, 0.3) is 0 Å². The van der Waals surface area contributed by atoms with Crippen molar-refractivity contribution in [3.8, 4) is 5.75 Å². The van der Waals surface area contributed by atoms with Gasteiger partial charge in [0.1, 0.15) is 24.3 Å². The molecule has 2 amide bonds. The van der Waals surface area contributed by atoms with Gasteiger partial charge in [0.2, 0.25) is 14.1 Å². The number of ether oxygens (including phenoxy) is 2. The second-order valence-corrected chi connectivity index (χ2v) is 19.1. The number of hydrogen-bond donors (Lipinski definition) is 0. The molecule has 0 spiro atoms. The first-order chi connectivity index (χ1) is 23.8. The van der Waals surface area contributed by atoms with E-state index in [4.69, 9.17) is 14.3 Å². The smallest absolute Gasteiger partial charge is 0.416 e. The molecule has 10 heteroatoms. The second-order valence-electron chi connectivity index (χ2n) is 14.6. The number of anilines is 1. The molecule has 0 saturated carbocycles. The van der Waals surface area contributed by atoms with Crippen LogP contribution in [0.15, 0.2) is 108 Å². The van der Waals surface area contributed by atoms with E-state index in [1.54, 1.807) is 19.5 Å². The lowest BCUT2D eigenvalue weighted by atomic mass is 9.85. The standard InChI is InChI=1S/C40H48N4O5Si/c1-39(2,3)49-38(46)43(28-29-19-21-31(47-7)22-20-29)36-26-30(23-24-41-36)25-34-35(27-42-48-8)44(37(34)45)50(40(4,5)6,32-15-11-9-12-16-32)33-17-13-10-14-18-33/h9-24,26-27,34-35H,25,28H2,1-8H3/t34?,35-/m1/s1. The van der Waals surface area contributed by atoms with Crippen molar-refractivity contribution in [1.29, 1.82) is 0 Å². The highest BCUT2D eigenvalue weighted by Crippen LogP contribution is 2.45. The zero-order valence-corrected chi connectivity index (χ0v) is 31.3. The fraction of sp³-hybridized carbons (Fsp3) is 0.350. The summed E-state index contributed by atoms with van der Waals surface area (Å²) in [6, 6.07) is 31.8. The molecule has 50 heavy (non-hydrogen) atoms. The van der Waals surface area contributed by atoms with E-state index >= 15 is 0 Å². The zero-order valence-electron chi connectivity index (χ0n) is 30.3. The van der Waals surface area contributed by atoms with Crippen molar-refractivity contribution in [2.75, 3.05) is 19.1 Å². The molecule has 9 nitrogen and oxygen atoms in total. The Balaban J connectivity index is 1.53. The van der Waals surface area contributed by atoms with Crippen molar-refractivity contribution in [2.24, 2.45) is 11.1 Å². The lowest BCUT2D eigenvalue weighted by Crippen LogP contribution is -2.84. The van der Waals surface area contributed by atoms with Crippen molar-refractivity contribution in [3.63, 3.8) is 0 Å². The van der Waals surface area contributed by atoms with Crippen LogP contribution >= 0.6 is 0 Å². The Morgan fingerprint density at radius 3 is 2.00 bits per heavy atom. The van der Waals surface area contributed by atoms with Gasteiger partial charge in [-0.3, -0.25) is 9.69 Å². The minimum absolute atomic E-state index is 0.0624. The highest BCUT2D eigenvalue weighted by Gasteiger charge is 2.63. The molecule has 4 aromatic rings. The topological polar surface area (TPSA) is 93.6 Å². The molecule has 1 aliphatic heterocycles. The number of pyridine rings is 1. The summed E-state index contributed by atoms with van der Waals surface area (Å²) in [5, 5.41) is 6.25. The van der Waals surface area contributed by atoms with Gasteiger partial charge in [0, 0.05) is 6.20 Å². The average molecular weight is 693 g/mol. The normalized spacial score (nSPS) is 16.6. The van der Waals surface area contributed by atoms with Gasteiger partial charge >= 0.3 is 6.09 Å². The highest BCUT2D eigenvalue weighted by atomic mass is 28.3. The minimum Gasteiger partial charge on any atom is -0.497 e. The number of benzene rings is 3. The van der Waals surface area contributed by atoms with Crippen LogP contribution in [0.1, 0.15) is 52.7 Å². The Morgan fingerprint density at radius 2 is 1.48 bits per heavy atom. The highest BCUT2D eigenvalue weighted by molar-refractivity contribution is 7.03. The maximum absolute atomic E-state index is 14.7. The third kappa shape index (κ3) is 7.45. The van der Waals surface area contributed by atoms with E-state index < -0.39 is 25.8 Å². The van der Waals surface area contributed by atoms with E-state index in [0.29, 0.717) is 12.2 Å². The number of rotatable bonds is 11. The fourth-order valence-corrected chi connectivity index (χ4v) is 12.8. The average Bonchev–Trinajstić information content (AvgIpc) is 3.09. The number of carbonyl (C=O) groups is 2. The summed E-state index contributed by atoms with van der Waals surface area (Å²) >= 11 is 0. The van der Waals surface area contributed by atoms with Gasteiger partial charge in [-0.05, 0) is 78.0 Å². The maximum atomic E-state index is 14.7. The van der Waals surface area contributed by atoms with Crippen LogP contribution in [0.2, 0.25) is 5.04 Å². The molecule has 1 fully saturated rings. The van der Waals surface area contributed by atoms with E-state index in [-0.39, 0.29) is 23.5 Å². The van der Waals surface area contributed by atoms with E-state index in [1.807, 2.05) is 93.6 Å². The van der Waals surface area contributed by atoms with Gasteiger partial charge in [-0.25, -0.2) is 9.78 Å². The Hall–Kier alpha value is -4.96. The summed E-state index contributed by atoms with van der Waals surface area (Å²) in [4.78, 5) is 39.6. The van der Waals surface area contributed by atoms with Crippen molar-refractivity contribution in [2.45, 2.75) is 71.2 Å². The quantitative estimate of drug-likeness (QED) is 0.0762. The molecule has 1 unspecified atom stereocenters. The summed E-state index contributed by atoms with van der Waals surface area (Å²) in [5.74, 6) is 0.821. The van der Waals surface area contributed by atoms with E-state index in [9.17, 15) is 9.59 Å². The van der Waals surface area contributed by atoms with Crippen LogP contribution < -0.4 is 20.0 Å². The van der Waals surface area contributed by atoms with Crippen LogP contribution in [-0.4, -0.2) is 61.9 Å². The van der Waals surface area contributed by atoms with E-state index in [1.165, 1.54) is 12.0 Å². The molecule has 0 aliphatic carbocycles. The number of aromatic nitrogens is 1. The largest absolute Gasteiger partial charge is 0.497 e. The molecule has 2 atom stereocenters. The molecule has 0 N–H and O–H groups in total. The predicted octanol–water partition coefficient (Wildman–Crippen LogP) is 6.59. The van der Waals surface area contributed by atoms with Crippen LogP contribution in [0, 0.1) is 5.92 Å². The van der Waals surface area contributed by atoms with Crippen molar-refractivity contribution < 1.29 is 23.9 Å². The molecule has 1 aliphatic rings.